The van der Waals surface area contributed by atoms with E-state index in [-0.39, 0.29) is 17.5 Å². The first-order valence-electron chi connectivity index (χ1n) is 5.64. The molecule has 1 aromatic carbocycles. The van der Waals surface area contributed by atoms with Crippen LogP contribution in [0.4, 0.5) is 5.69 Å². The van der Waals surface area contributed by atoms with Gasteiger partial charge < -0.3 is 9.73 Å². The zero-order valence-corrected chi connectivity index (χ0v) is 11.3. The summed E-state index contributed by atoms with van der Waals surface area (Å²) in [6, 6.07) is 8.41. The maximum atomic E-state index is 12.0. The van der Waals surface area contributed by atoms with Crippen molar-refractivity contribution in [3.05, 3.63) is 51.3 Å². The minimum atomic E-state index is -0.324. The summed E-state index contributed by atoms with van der Waals surface area (Å²) >= 11 is 9.11. The third kappa shape index (κ3) is 1.98. The van der Waals surface area contributed by atoms with E-state index < -0.39 is 0 Å². The van der Waals surface area contributed by atoms with Crippen LogP contribution in [0.5, 0.6) is 0 Å². The van der Waals surface area contributed by atoms with Crippen molar-refractivity contribution < 1.29 is 10.6 Å². The third-order valence-corrected chi connectivity index (χ3v) is 3.21. The Hall–Kier alpha value is -1.52. The van der Waals surface area contributed by atoms with Gasteiger partial charge in [0.05, 0.1) is 6.94 Å². The van der Waals surface area contributed by atoms with E-state index in [1.54, 1.807) is 30.3 Å². The highest BCUT2D eigenvalue weighted by atomic mass is 79.9. The highest BCUT2D eigenvalue weighted by Crippen LogP contribution is 2.35. The molecule has 0 aliphatic carbocycles. The Morgan fingerprint density at radius 2 is 2.22 bits per heavy atom. The Balaban J connectivity index is 2.20. The van der Waals surface area contributed by atoms with Gasteiger partial charge in [0.25, 0.3) is 5.91 Å². The van der Waals surface area contributed by atoms with Crippen molar-refractivity contribution in [2.24, 2.45) is 0 Å². The van der Waals surface area contributed by atoms with E-state index in [1.165, 1.54) is 0 Å². The maximum absolute atomic E-state index is 12.0. The van der Waals surface area contributed by atoms with Crippen molar-refractivity contribution in [1.29, 1.82) is 0 Å². The molecule has 2 aromatic rings. The van der Waals surface area contributed by atoms with Crippen LogP contribution in [-0.4, -0.2) is 5.91 Å². The molecule has 0 fully saturated rings. The Morgan fingerprint density at radius 3 is 2.94 bits per heavy atom. The van der Waals surface area contributed by atoms with Gasteiger partial charge in [-0.05, 0) is 52.3 Å². The lowest BCUT2D eigenvalue weighted by molar-refractivity contribution is -0.110. The van der Waals surface area contributed by atoms with Gasteiger partial charge in [-0.15, -0.1) is 0 Å². The van der Waals surface area contributed by atoms with Crippen LogP contribution in [0.2, 0.25) is 5.02 Å². The zero-order chi connectivity index (χ0) is 13.6. The van der Waals surface area contributed by atoms with E-state index in [0.717, 1.165) is 0 Å². The summed E-state index contributed by atoms with van der Waals surface area (Å²) in [7, 11) is 0. The lowest BCUT2D eigenvalue weighted by Gasteiger charge is -1.98. The number of rotatable bonds is 1. The number of furan rings is 1. The Labute approximate surface area is 118 Å². The summed E-state index contributed by atoms with van der Waals surface area (Å²) in [5.41, 5.74) is 1.54. The van der Waals surface area contributed by atoms with Gasteiger partial charge in [-0.2, -0.15) is 0 Å². The van der Waals surface area contributed by atoms with Crippen LogP contribution in [-0.2, 0) is 4.79 Å². The molecule has 3 nitrogen and oxygen atoms in total. The SMILES string of the molecule is [2H]/C(=C1\C(=O)Nc2ccc(Cl)cc21)c1ccc(Br)o1. The van der Waals surface area contributed by atoms with Crippen molar-refractivity contribution in [2.45, 2.75) is 0 Å². The second kappa shape index (κ2) is 4.30. The first kappa shape index (κ1) is 10.4. The molecule has 1 aliphatic heterocycles. The first-order valence-corrected chi connectivity index (χ1v) is 6.31. The lowest BCUT2D eigenvalue weighted by atomic mass is 10.1. The van der Waals surface area contributed by atoms with Gasteiger partial charge in [0.15, 0.2) is 4.67 Å². The summed E-state index contributed by atoms with van der Waals surface area (Å²) in [4.78, 5) is 12.0. The highest BCUT2D eigenvalue weighted by Gasteiger charge is 2.24. The normalized spacial score (nSPS) is 17.2. The van der Waals surface area contributed by atoms with Crippen LogP contribution in [0.1, 0.15) is 12.7 Å². The number of carbonyl (C=O) groups is 1. The lowest BCUT2D eigenvalue weighted by Crippen LogP contribution is -2.03. The number of carbonyl (C=O) groups excluding carboxylic acids is 1. The number of halogens is 2. The summed E-state index contributed by atoms with van der Waals surface area (Å²) in [5, 5.41) is 3.22. The molecular weight excluding hydrogens is 318 g/mol. The van der Waals surface area contributed by atoms with Gasteiger partial charge in [-0.1, -0.05) is 11.6 Å². The molecule has 0 bridgehead atoms. The molecule has 0 radical (unpaired) electrons. The van der Waals surface area contributed by atoms with E-state index in [1.807, 2.05) is 0 Å². The highest BCUT2D eigenvalue weighted by molar-refractivity contribution is 9.10. The van der Waals surface area contributed by atoms with E-state index in [2.05, 4.69) is 21.2 Å². The monoisotopic (exact) mass is 324 g/mol. The zero-order valence-electron chi connectivity index (χ0n) is 9.96. The number of fused-ring (bicyclic) bond motifs is 1. The van der Waals surface area contributed by atoms with E-state index in [9.17, 15) is 4.79 Å². The van der Waals surface area contributed by atoms with Crippen molar-refractivity contribution in [3.63, 3.8) is 0 Å². The number of nitrogens with one attached hydrogen (secondary N) is 1. The van der Waals surface area contributed by atoms with Crippen LogP contribution in [0.25, 0.3) is 11.6 Å². The fraction of sp³-hybridized carbons (Fsp3) is 0. The van der Waals surface area contributed by atoms with Gasteiger partial charge in [0.1, 0.15) is 5.76 Å². The molecule has 2 heterocycles. The molecule has 0 saturated carbocycles. The largest absolute Gasteiger partial charge is 0.450 e. The van der Waals surface area contributed by atoms with Crippen molar-refractivity contribution >= 4 is 50.8 Å². The van der Waals surface area contributed by atoms with Gasteiger partial charge in [-0.3, -0.25) is 4.79 Å². The molecule has 3 rings (SSSR count). The van der Waals surface area contributed by atoms with E-state index in [0.29, 0.717) is 26.7 Å². The quantitative estimate of drug-likeness (QED) is 0.799. The predicted octanol–water partition coefficient (Wildman–Crippen LogP) is 4.19. The predicted molar refractivity (Wildman–Crippen MR) is 74.4 cm³/mol. The minimum Gasteiger partial charge on any atom is -0.450 e. The van der Waals surface area contributed by atoms with Crippen LogP contribution >= 0.6 is 27.5 Å². The molecule has 0 unspecified atom stereocenters. The minimum absolute atomic E-state index is 0.0317. The summed E-state index contributed by atoms with van der Waals surface area (Å²) < 4.78 is 13.9. The second-order valence-corrected chi connectivity index (χ2v) is 4.97. The van der Waals surface area contributed by atoms with E-state index >= 15 is 0 Å². The third-order valence-electron chi connectivity index (χ3n) is 2.55. The number of anilines is 1. The average molecular weight is 326 g/mol. The van der Waals surface area contributed by atoms with Gasteiger partial charge >= 0.3 is 0 Å². The maximum Gasteiger partial charge on any atom is 0.256 e. The summed E-state index contributed by atoms with van der Waals surface area (Å²) in [6.45, 7) is 0. The molecule has 1 aromatic heterocycles. The standard InChI is InChI=1S/C13H7BrClNO2/c14-12-4-2-8(18-12)6-10-9-5-7(15)1-3-11(9)16-13(10)17/h1-6H,(H,16,17)/b10-6+/i6D. The van der Waals surface area contributed by atoms with Gasteiger partial charge in [0.2, 0.25) is 0 Å². The van der Waals surface area contributed by atoms with Gasteiger partial charge in [0, 0.05) is 16.3 Å². The van der Waals surface area contributed by atoms with Crippen molar-refractivity contribution in [2.75, 3.05) is 5.32 Å². The molecule has 5 heteroatoms. The Morgan fingerprint density at radius 1 is 1.39 bits per heavy atom. The molecule has 0 saturated heterocycles. The Bertz CT molecular complexity index is 723. The summed E-state index contributed by atoms with van der Waals surface area (Å²) in [5.74, 6) is -0.000334. The van der Waals surface area contributed by atoms with Crippen molar-refractivity contribution in [3.8, 4) is 0 Å². The molecule has 0 atom stereocenters. The molecular formula is C13H7BrClNO2. The molecule has 90 valence electrons. The molecule has 1 N–H and O–H groups in total. The number of hydrogen-bond donors (Lipinski definition) is 1. The summed E-state index contributed by atoms with van der Waals surface area (Å²) in [6.07, 6.45) is 0. The number of amides is 1. The van der Waals surface area contributed by atoms with Crippen molar-refractivity contribution in [1.82, 2.24) is 0 Å². The molecule has 1 amide bonds. The van der Waals surface area contributed by atoms with Crippen LogP contribution in [0.3, 0.4) is 0 Å². The number of benzene rings is 1. The first-order chi connectivity index (χ1) is 9.06. The number of hydrogen-bond acceptors (Lipinski definition) is 2. The Kier molecular flexibility index (Phi) is 2.48. The van der Waals surface area contributed by atoms with Crippen LogP contribution in [0, 0.1) is 0 Å². The molecule has 18 heavy (non-hydrogen) atoms. The topological polar surface area (TPSA) is 42.2 Å². The average Bonchev–Trinajstić information content (AvgIpc) is 2.91. The fourth-order valence-corrected chi connectivity index (χ4v) is 2.25. The molecule has 0 spiro atoms. The fourth-order valence-electron chi connectivity index (χ4n) is 1.77. The molecule has 1 aliphatic rings. The second-order valence-electron chi connectivity index (χ2n) is 3.75. The van der Waals surface area contributed by atoms with Crippen LogP contribution in [0.15, 0.2) is 39.4 Å². The van der Waals surface area contributed by atoms with E-state index in [4.69, 9.17) is 17.4 Å². The van der Waals surface area contributed by atoms with Crippen LogP contribution < -0.4 is 5.32 Å². The smallest absolute Gasteiger partial charge is 0.256 e. The van der Waals surface area contributed by atoms with Gasteiger partial charge in [-0.25, -0.2) is 0 Å².